The Kier molecular flexibility index (Phi) is 2.24. The van der Waals surface area contributed by atoms with Gasteiger partial charge < -0.3 is 0 Å². The maximum atomic E-state index is 13.1. The van der Waals surface area contributed by atoms with Crippen molar-refractivity contribution in [2.75, 3.05) is 13.1 Å². The van der Waals surface area contributed by atoms with Gasteiger partial charge in [-0.3, -0.25) is 0 Å². The summed E-state index contributed by atoms with van der Waals surface area (Å²) in [6, 6.07) is 0. The van der Waals surface area contributed by atoms with E-state index < -0.39 is 20.4 Å². The van der Waals surface area contributed by atoms with E-state index in [2.05, 4.69) is 0 Å². The second-order valence-corrected chi connectivity index (χ2v) is 7.49. The first-order chi connectivity index (χ1) is 5.56. The fourth-order valence-electron chi connectivity index (χ4n) is 1.25. The van der Waals surface area contributed by atoms with E-state index in [1.807, 2.05) is 0 Å². The highest BCUT2D eigenvalue weighted by Crippen LogP contribution is 2.32. The highest BCUT2D eigenvalue weighted by Gasteiger charge is 2.48. The summed E-state index contributed by atoms with van der Waals surface area (Å²) in [6.45, 7) is 6.27. The number of halogens is 1. The Morgan fingerprint density at radius 3 is 1.92 bits per heavy atom. The van der Waals surface area contributed by atoms with Crippen molar-refractivity contribution in [1.82, 2.24) is 4.31 Å². The summed E-state index contributed by atoms with van der Waals surface area (Å²) in [6.07, 6.45) is 0. The molecule has 13 heavy (non-hydrogen) atoms. The lowest BCUT2D eigenvalue weighted by molar-refractivity contribution is 0.0383. The normalized spacial score (nSPS) is 24.1. The quantitative estimate of drug-likeness (QED) is 0.650. The predicted molar refractivity (Wildman–Crippen MR) is 49.8 cm³/mol. The molecule has 1 saturated heterocycles. The standard InChI is InChI=1S/C8H16FNO2S/c1-7(2,3)13(11,12)10-5-8(4,9)6-10/h5-6H2,1-4H3. The van der Waals surface area contributed by atoms with Crippen LogP contribution in [0.5, 0.6) is 0 Å². The maximum absolute atomic E-state index is 13.1. The molecule has 0 aromatic heterocycles. The Bertz CT molecular complexity index is 295. The van der Waals surface area contributed by atoms with Crippen molar-refractivity contribution in [2.45, 2.75) is 38.1 Å². The van der Waals surface area contributed by atoms with Crippen molar-refractivity contribution in [3.8, 4) is 0 Å². The molecule has 0 amide bonds. The molecule has 0 radical (unpaired) electrons. The minimum absolute atomic E-state index is 0.00734. The van der Waals surface area contributed by atoms with Crippen LogP contribution in [-0.2, 0) is 10.0 Å². The Hall–Kier alpha value is -0.160. The van der Waals surface area contributed by atoms with Crippen molar-refractivity contribution < 1.29 is 12.8 Å². The molecule has 0 spiro atoms. The van der Waals surface area contributed by atoms with Gasteiger partial charge in [-0.1, -0.05) is 0 Å². The first kappa shape index (κ1) is 10.9. The molecule has 0 aromatic rings. The summed E-state index contributed by atoms with van der Waals surface area (Å²) in [4.78, 5) is 0. The van der Waals surface area contributed by atoms with Crippen molar-refractivity contribution in [2.24, 2.45) is 0 Å². The van der Waals surface area contributed by atoms with Gasteiger partial charge >= 0.3 is 0 Å². The zero-order chi connectivity index (χ0) is 10.5. The average Bonchev–Trinajstić information content (AvgIpc) is 1.79. The molecule has 0 aliphatic carbocycles. The maximum Gasteiger partial charge on any atom is 0.219 e. The van der Waals surface area contributed by atoms with E-state index in [1.54, 1.807) is 20.8 Å². The monoisotopic (exact) mass is 209 g/mol. The molecule has 0 atom stereocenters. The lowest BCUT2D eigenvalue weighted by Gasteiger charge is -2.43. The van der Waals surface area contributed by atoms with Crippen LogP contribution in [0.4, 0.5) is 4.39 Å². The van der Waals surface area contributed by atoms with Crippen LogP contribution in [0, 0.1) is 0 Å². The SMILES string of the molecule is CC1(F)CN(S(=O)(=O)C(C)(C)C)C1. The van der Waals surface area contributed by atoms with Gasteiger partial charge in [0, 0.05) is 13.1 Å². The fraction of sp³-hybridized carbons (Fsp3) is 1.00. The minimum Gasteiger partial charge on any atom is -0.241 e. The highest BCUT2D eigenvalue weighted by atomic mass is 32.2. The van der Waals surface area contributed by atoms with E-state index in [4.69, 9.17) is 0 Å². The number of alkyl halides is 1. The third-order valence-corrected chi connectivity index (χ3v) is 4.61. The molecule has 0 saturated carbocycles. The lowest BCUT2D eigenvalue weighted by atomic mass is 10.0. The summed E-state index contributed by atoms with van der Waals surface area (Å²) in [5, 5.41) is 0. The van der Waals surface area contributed by atoms with Crippen molar-refractivity contribution in [3.05, 3.63) is 0 Å². The fourth-order valence-corrected chi connectivity index (χ4v) is 2.90. The summed E-state index contributed by atoms with van der Waals surface area (Å²) < 4.78 is 36.8. The zero-order valence-electron chi connectivity index (χ0n) is 8.46. The van der Waals surface area contributed by atoms with Gasteiger partial charge in [-0.25, -0.2) is 12.8 Å². The van der Waals surface area contributed by atoms with Crippen LogP contribution in [0.15, 0.2) is 0 Å². The molecular weight excluding hydrogens is 193 g/mol. The molecule has 0 bridgehead atoms. The molecule has 5 heteroatoms. The average molecular weight is 209 g/mol. The molecule has 1 heterocycles. The van der Waals surface area contributed by atoms with E-state index in [-0.39, 0.29) is 13.1 Å². The van der Waals surface area contributed by atoms with Crippen LogP contribution in [0.2, 0.25) is 0 Å². The molecule has 1 aliphatic rings. The van der Waals surface area contributed by atoms with Crippen LogP contribution in [-0.4, -0.2) is 36.2 Å². The third kappa shape index (κ3) is 1.86. The molecule has 0 unspecified atom stereocenters. The van der Waals surface area contributed by atoms with Gasteiger partial charge in [-0.15, -0.1) is 0 Å². The van der Waals surface area contributed by atoms with Crippen LogP contribution in [0.3, 0.4) is 0 Å². The number of hydrogen-bond donors (Lipinski definition) is 0. The molecule has 78 valence electrons. The Balaban J connectivity index is 2.77. The topological polar surface area (TPSA) is 37.4 Å². The first-order valence-corrected chi connectivity index (χ1v) is 5.69. The third-order valence-electron chi connectivity index (χ3n) is 2.13. The van der Waals surface area contributed by atoms with Gasteiger partial charge in [0.25, 0.3) is 0 Å². The zero-order valence-corrected chi connectivity index (χ0v) is 9.28. The molecule has 1 aliphatic heterocycles. The van der Waals surface area contributed by atoms with Gasteiger partial charge in [0.1, 0.15) is 5.67 Å². The molecule has 1 fully saturated rings. The number of rotatable bonds is 1. The first-order valence-electron chi connectivity index (χ1n) is 4.25. The van der Waals surface area contributed by atoms with Crippen molar-refractivity contribution in [1.29, 1.82) is 0 Å². The molecule has 0 aromatic carbocycles. The lowest BCUT2D eigenvalue weighted by Crippen LogP contribution is -2.62. The van der Waals surface area contributed by atoms with Gasteiger partial charge in [-0.2, -0.15) is 4.31 Å². The van der Waals surface area contributed by atoms with Gasteiger partial charge in [-0.05, 0) is 27.7 Å². The van der Waals surface area contributed by atoms with E-state index in [9.17, 15) is 12.8 Å². The van der Waals surface area contributed by atoms with E-state index in [1.165, 1.54) is 11.2 Å². The molecule has 1 rings (SSSR count). The minimum atomic E-state index is -3.32. The second kappa shape index (κ2) is 2.67. The van der Waals surface area contributed by atoms with E-state index in [0.717, 1.165) is 0 Å². The summed E-state index contributed by atoms with van der Waals surface area (Å²) in [5.41, 5.74) is -1.34. The Labute approximate surface area is 79.0 Å². The van der Waals surface area contributed by atoms with Crippen LogP contribution < -0.4 is 0 Å². The number of hydrogen-bond acceptors (Lipinski definition) is 2. The molecular formula is C8H16FNO2S. The van der Waals surface area contributed by atoms with Gasteiger partial charge in [0.15, 0.2) is 0 Å². The second-order valence-electron chi connectivity index (χ2n) is 4.80. The Morgan fingerprint density at radius 1 is 1.31 bits per heavy atom. The molecule has 0 N–H and O–H groups in total. The smallest absolute Gasteiger partial charge is 0.219 e. The Morgan fingerprint density at radius 2 is 1.69 bits per heavy atom. The van der Waals surface area contributed by atoms with E-state index >= 15 is 0 Å². The van der Waals surface area contributed by atoms with Gasteiger partial charge in [0.2, 0.25) is 10.0 Å². The van der Waals surface area contributed by atoms with Crippen molar-refractivity contribution >= 4 is 10.0 Å². The van der Waals surface area contributed by atoms with Crippen LogP contribution in [0.25, 0.3) is 0 Å². The van der Waals surface area contributed by atoms with Gasteiger partial charge in [0.05, 0.1) is 4.75 Å². The van der Waals surface area contributed by atoms with Crippen molar-refractivity contribution in [3.63, 3.8) is 0 Å². The molecule has 3 nitrogen and oxygen atoms in total. The number of sulfonamides is 1. The summed E-state index contributed by atoms with van der Waals surface area (Å²) in [5.74, 6) is 0. The largest absolute Gasteiger partial charge is 0.241 e. The number of nitrogens with zero attached hydrogens (tertiary/aromatic N) is 1. The summed E-state index contributed by atoms with van der Waals surface area (Å²) in [7, 11) is -3.32. The summed E-state index contributed by atoms with van der Waals surface area (Å²) >= 11 is 0. The van der Waals surface area contributed by atoms with E-state index in [0.29, 0.717) is 0 Å². The van der Waals surface area contributed by atoms with Crippen LogP contribution >= 0.6 is 0 Å². The van der Waals surface area contributed by atoms with Crippen LogP contribution in [0.1, 0.15) is 27.7 Å². The predicted octanol–water partition coefficient (Wildman–Crippen LogP) is 1.16. The highest BCUT2D eigenvalue weighted by molar-refractivity contribution is 7.90.